The van der Waals surface area contributed by atoms with E-state index in [0.29, 0.717) is 5.92 Å². The van der Waals surface area contributed by atoms with Crippen molar-refractivity contribution < 1.29 is 0 Å². The minimum Gasteiger partial charge on any atom is -0.399 e. The molecule has 0 aliphatic carbocycles. The highest BCUT2D eigenvalue weighted by molar-refractivity contribution is 5.46. The zero-order valence-corrected chi connectivity index (χ0v) is 17.3. The number of rotatable bonds is 10. The highest BCUT2D eigenvalue weighted by Gasteiger charge is 2.11. The molecule has 28 heavy (non-hydrogen) atoms. The van der Waals surface area contributed by atoms with Crippen molar-refractivity contribution in [3.63, 3.8) is 0 Å². The van der Waals surface area contributed by atoms with Gasteiger partial charge in [0.05, 0.1) is 0 Å². The van der Waals surface area contributed by atoms with Gasteiger partial charge in [-0.25, -0.2) is 0 Å². The topological polar surface area (TPSA) is 26.0 Å². The third-order valence-corrected chi connectivity index (χ3v) is 5.12. The Morgan fingerprint density at radius 3 is 2.50 bits per heavy atom. The Labute approximate surface area is 171 Å². The Morgan fingerprint density at radius 2 is 1.82 bits per heavy atom. The quantitative estimate of drug-likeness (QED) is 0.350. The lowest BCUT2D eigenvalue weighted by Gasteiger charge is -2.17. The maximum atomic E-state index is 6.08. The lowest BCUT2D eigenvalue weighted by Crippen LogP contribution is -2.03. The summed E-state index contributed by atoms with van der Waals surface area (Å²) in [5.74, 6) is 0.494. The Balaban J connectivity index is 2.02. The second kappa shape index (κ2) is 11.1. The number of nitrogen functional groups attached to an aromatic ring is 1. The average molecular weight is 372 g/mol. The van der Waals surface area contributed by atoms with Gasteiger partial charge in [0.2, 0.25) is 0 Å². The fraction of sp³-hybridized carbons (Fsp3) is 0.259. The van der Waals surface area contributed by atoms with Crippen LogP contribution in [0.3, 0.4) is 0 Å². The van der Waals surface area contributed by atoms with Crippen LogP contribution in [0.2, 0.25) is 0 Å². The van der Waals surface area contributed by atoms with Crippen LogP contribution >= 0.6 is 0 Å². The second-order valence-corrected chi connectivity index (χ2v) is 7.43. The fourth-order valence-corrected chi connectivity index (χ4v) is 3.41. The normalized spacial score (nSPS) is 12.9. The first-order valence-corrected chi connectivity index (χ1v) is 10.1. The van der Waals surface area contributed by atoms with E-state index in [0.717, 1.165) is 36.9 Å². The third-order valence-electron chi connectivity index (χ3n) is 5.12. The van der Waals surface area contributed by atoms with Gasteiger partial charge < -0.3 is 5.73 Å². The van der Waals surface area contributed by atoms with E-state index in [1.54, 1.807) is 6.08 Å². The molecule has 1 nitrogen and oxygen atoms in total. The molecule has 2 rings (SSSR count). The molecule has 0 radical (unpaired) electrons. The molecule has 2 aromatic carbocycles. The lowest BCUT2D eigenvalue weighted by molar-refractivity contribution is 0.681. The van der Waals surface area contributed by atoms with Crippen molar-refractivity contribution in [2.45, 2.75) is 45.4 Å². The van der Waals surface area contributed by atoms with Crippen molar-refractivity contribution in [2.24, 2.45) is 0 Å². The van der Waals surface area contributed by atoms with Gasteiger partial charge >= 0.3 is 0 Å². The molecule has 2 aromatic rings. The van der Waals surface area contributed by atoms with Crippen LogP contribution < -0.4 is 5.73 Å². The molecule has 0 spiro atoms. The van der Waals surface area contributed by atoms with Crippen LogP contribution in [0.5, 0.6) is 0 Å². The average Bonchev–Trinajstić information content (AvgIpc) is 2.69. The van der Waals surface area contributed by atoms with Gasteiger partial charge in [0.25, 0.3) is 0 Å². The van der Waals surface area contributed by atoms with Crippen LogP contribution in [0, 0.1) is 6.92 Å². The molecule has 1 unspecified atom stereocenters. The Kier molecular flexibility index (Phi) is 8.55. The zero-order valence-electron chi connectivity index (χ0n) is 17.3. The van der Waals surface area contributed by atoms with Crippen LogP contribution in [0.4, 0.5) is 5.69 Å². The van der Waals surface area contributed by atoms with E-state index in [4.69, 9.17) is 5.73 Å². The first-order chi connectivity index (χ1) is 13.5. The second-order valence-electron chi connectivity index (χ2n) is 7.43. The molecule has 0 fully saturated rings. The van der Waals surface area contributed by atoms with Crippen molar-refractivity contribution in [3.8, 4) is 0 Å². The van der Waals surface area contributed by atoms with Gasteiger partial charge in [-0.1, -0.05) is 86.4 Å². The SMILES string of the molecule is C=C/C=C(C=C)\C=C/CCC(C)c1ccc(N)cc1CCc1ccc(C)cc1. The molecule has 0 saturated carbocycles. The summed E-state index contributed by atoms with van der Waals surface area (Å²) in [4.78, 5) is 0. The van der Waals surface area contributed by atoms with E-state index in [9.17, 15) is 0 Å². The van der Waals surface area contributed by atoms with E-state index in [1.165, 1.54) is 22.3 Å². The van der Waals surface area contributed by atoms with Gasteiger partial charge in [-0.05, 0) is 72.9 Å². The summed E-state index contributed by atoms with van der Waals surface area (Å²) in [7, 11) is 0. The van der Waals surface area contributed by atoms with Crippen molar-refractivity contribution in [1.82, 2.24) is 0 Å². The molecule has 0 heterocycles. The third kappa shape index (κ3) is 6.74. The van der Waals surface area contributed by atoms with E-state index in [-0.39, 0.29) is 0 Å². The van der Waals surface area contributed by atoms with E-state index in [1.807, 2.05) is 18.2 Å². The van der Waals surface area contributed by atoms with E-state index in [2.05, 4.69) is 75.6 Å². The Morgan fingerprint density at radius 1 is 1.07 bits per heavy atom. The fourth-order valence-electron chi connectivity index (χ4n) is 3.41. The zero-order chi connectivity index (χ0) is 20.4. The summed E-state index contributed by atoms with van der Waals surface area (Å²) >= 11 is 0. The van der Waals surface area contributed by atoms with Gasteiger partial charge in [0.1, 0.15) is 0 Å². The standard InChI is InChI=1S/C27H33N/c1-5-9-23(6-2)11-8-7-10-22(4)27-19-18-26(28)20-25(27)17-16-24-14-12-21(3)13-15-24/h5-6,8-9,11-15,18-20,22H,1-2,7,10,16-17,28H2,3-4H3/b11-8-,23-9-. The number of hydrogen-bond acceptors (Lipinski definition) is 1. The van der Waals surface area contributed by atoms with Crippen molar-refractivity contribution in [2.75, 3.05) is 5.73 Å². The van der Waals surface area contributed by atoms with Gasteiger partial charge in [0, 0.05) is 5.69 Å². The number of benzene rings is 2. The molecule has 0 amide bonds. The van der Waals surface area contributed by atoms with E-state index >= 15 is 0 Å². The summed E-state index contributed by atoms with van der Waals surface area (Å²) in [6, 6.07) is 15.2. The molecule has 0 bridgehead atoms. The number of anilines is 1. The molecule has 1 heteroatoms. The Hall–Kier alpha value is -2.80. The van der Waals surface area contributed by atoms with Gasteiger partial charge in [-0.15, -0.1) is 0 Å². The summed E-state index contributed by atoms with van der Waals surface area (Å²) in [6.45, 7) is 12.0. The summed E-state index contributed by atoms with van der Waals surface area (Å²) in [5.41, 5.74) is 13.5. The highest BCUT2D eigenvalue weighted by Crippen LogP contribution is 2.27. The minimum absolute atomic E-state index is 0.494. The van der Waals surface area contributed by atoms with Crippen LogP contribution in [0.15, 0.2) is 91.6 Å². The highest BCUT2D eigenvalue weighted by atomic mass is 14.5. The smallest absolute Gasteiger partial charge is 0.0316 e. The maximum Gasteiger partial charge on any atom is 0.0316 e. The van der Waals surface area contributed by atoms with E-state index < -0.39 is 0 Å². The number of nitrogens with two attached hydrogens (primary N) is 1. The summed E-state index contributed by atoms with van der Waals surface area (Å²) in [6.07, 6.45) is 14.1. The van der Waals surface area contributed by atoms with Crippen LogP contribution in [0.25, 0.3) is 0 Å². The van der Waals surface area contributed by atoms with Crippen LogP contribution in [0.1, 0.15) is 47.9 Å². The van der Waals surface area contributed by atoms with Gasteiger partial charge in [-0.2, -0.15) is 0 Å². The minimum atomic E-state index is 0.494. The summed E-state index contributed by atoms with van der Waals surface area (Å²) in [5, 5.41) is 0. The monoisotopic (exact) mass is 371 g/mol. The molecule has 0 saturated heterocycles. The molecular formula is C27H33N. The number of aryl methyl sites for hydroxylation is 3. The van der Waals surface area contributed by atoms with Crippen molar-refractivity contribution in [3.05, 3.63) is 114 Å². The van der Waals surface area contributed by atoms with Gasteiger partial charge in [0.15, 0.2) is 0 Å². The van der Waals surface area contributed by atoms with Crippen LogP contribution in [-0.2, 0) is 12.8 Å². The lowest BCUT2D eigenvalue weighted by atomic mass is 9.89. The Bertz CT molecular complexity index is 837. The molecular weight excluding hydrogens is 338 g/mol. The largest absolute Gasteiger partial charge is 0.399 e. The van der Waals surface area contributed by atoms with Crippen LogP contribution in [-0.4, -0.2) is 0 Å². The molecule has 1 atom stereocenters. The first-order valence-electron chi connectivity index (χ1n) is 10.1. The first kappa shape index (κ1) is 21.5. The molecule has 2 N–H and O–H groups in total. The summed E-state index contributed by atoms with van der Waals surface area (Å²) < 4.78 is 0. The van der Waals surface area contributed by atoms with Crippen molar-refractivity contribution in [1.29, 1.82) is 0 Å². The van der Waals surface area contributed by atoms with Gasteiger partial charge in [-0.3, -0.25) is 0 Å². The van der Waals surface area contributed by atoms with Crippen molar-refractivity contribution >= 4 is 5.69 Å². The molecule has 146 valence electrons. The predicted molar refractivity (Wildman–Crippen MR) is 125 cm³/mol. The molecule has 0 aliphatic rings. The molecule has 0 aliphatic heterocycles. The number of allylic oxidation sites excluding steroid dienone is 6. The maximum absolute atomic E-state index is 6.08. The number of hydrogen-bond donors (Lipinski definition) is 1. The molecule has 0 aromatic heterocycles. The predicted octanol–water partition coefficient (Wildman–Crippen LogP) is 7.10.